The molecule has 0 spiro atoms. The van der Waals surface area contributed by atoms with Crippen molar-refractivity contribution in [3.63, 3.8) is 0 Å². The van der Waals surface area contributed by atoms with Crippen LogP contribution in [0.15, 0.2) is 48.0 Å². The predicted molar refractivity (Wildman–Crippen MR) is 108 cm³/mol. The third kappa shape index (κ3) is 6.03. The van der Waals surface area contributed by atoms with Crippen molar-refractivity contribution in [3.8, 4) is 16.9 Å². The van der Waals surface area contributed by atoms with E-state index < -0.39 is 18.8 Å². The fourth-order valence-corrected chi connectivity index (χ4v) is 3.54. The van der Waals surface area contributed by atoms with Crippen LogP contribution in [-0.4, -0.2) is 28.0 Å². The smallest absolute Gasteiger partial charge is 0.422 e. The van der Waals surface area contributed by atoms with Crippen LogP contribution in [-0.2, 0) is 11.2 Å². The van der Waals surface area contributed by atoms with E-state index in [4.69, 9.17) is 0 Å². The van der Waals surface area contributed by atoms with Crippen LogP contribution >= 0.6 is 11.5 Å². The molecule has 3 aromatic rings. The van der Waals surface area contributed by atoms with Crippen LogP contribution in [0.1, 0.15) is 29.9 Å². The molecule has 2 aromatic heterocycles. The Labute approximate surface area is 176 Å². The molecule has 2 heterocycles. The van der Waals surface area contributed by atoms with Crippen molar-refractivity contribution >= 4 is 17.4 Å². The van der Waals surface area contributed by atoms with Gasteiger partial charge in [-0.15, -0.1) is 0 Å². The minimum Gasteiger partial charge on any atom is -0.483 e. The molecule has 1 aromatic carbocycles. The van der Waals surface area contributed by atoms with Crippen LogP contribution in [0.3, 0.4) is 0 Å². The van der Waals surface area contributed by atoms with E-state index in [9.17, 15) is 18.0 Å². The molecule has 0 unspecified atom stereocenters. The van der Waals surface area contributed by atoms with E-state index in [1.807, 2.05) is 36.6 Å². The number of alkyl halides is 3. The summed E-state index contributed by atoms with van der Waals surface area (Å²) in [5.41, 5.74) is 4.50. The average Bonchev–Trinajstić information content (AvgIpc) is 3.12. The highest BCUT2D eigenvalue weighted by atomic mass is 32.1. The van der Waals surface area contributed by atoms with Gasteiger partial charge in [0, 0.05) is 10.9 Å². The van der Waals surface area contributed by atoms with Gasteiger partial charge in [0.25, 0.3) is 0 Å². The van der Waals surface area contributed by atoms with Crippen LogP contribution in [0.5, 0.6) is 5.75 Å². The molecule has 1 amide bonds. The summed E-state index contributed by atoms with van der Waals surface area (Å²) in [6.07, 6.45) is -2.99. The van der Waals surface area contributed by atoms with Crippen molar-refractivity contribution in [1.82, 2.24) is 14.7 Å². The molecule has 1 N–H and O–H groups in total. The first-order valence-corrected chi connectivity index (χ1v) is 10.00. The zero-order chi connectivity index (χ0) is 21.7. The number of halogens is 3. The summed E-state index contributed by atoms with van der Waals surface area (Å²) in [6.45, 7) is 2.34. The molecule has 0 bridgehead atoms. The Balaban J connectivity index is 1.53. The van der Waals surface area contributed by atoms with E-state index in [0.29, 0.717) is 5.69 Å². The molecule has 1 atom stereocenters. The second-order valence-corrected chi connectivity index (χ2v) is 7.43. The maximum absolute atomic E-state index is 12.3. The molecule has 5 nitrogen and oxygen atoms in total. The van der Waals surface area contributed by atoms with Crippen LogP contribution in [0.25, 0.3) is 11.1 Å². The van der Waals surface area contributed by atoms with Gasteiger partial charge < -0.3 is 10.1 Å². The van der Waals surface area contributed by atoms with Crippen LogP contribution in [0, 0.1) is 6.92 Å². The Morgan fingerprint density at radius 2 is 1.93 bits per heavy atom. The molecule has 3 rings (SSSR count). The largest absolute Gasteiger partial charge is 0.483 e. The van der Waals surface area contributed by atoms with Gasteiger partial charge in [-0.3, -0.25) is 9.78 Å². The highest BCUT2D eigenvalue weighted by molar-refractivity contribution is 7.04. The lowest BCUT2D eigenvalue weighted by molar-refractivity contribution is -0.153. The zero-order valence-corrected chi connectivity index (χ0v) is 17.2. The maximum Gasteiger partial charge on any atom is 0.422 e. The molecule has 9 heteroatoms. The lowest BCUT2D eigenvalue weighted by Gasteiger charge is -2.14. The number of nitrogens with zero attached hydrogens (tertiary/aromatic N) is 2. The van der Waals surface area contributed by atoms with E-state index in [1.54, 1.807) is 6.92 Å². The number of amides is 1. The van der Waals surface area contributed by atoms with Crippen molar-refractivity contribution < 1.29 is 22.7 Å². The molecule has 0 fully saturated rings. The van der Waals surface area contributed by atoms with Crippen LogP contribution in [0.4, 0.5) is 13.2 Å². The molecule has 0 aliphatic carbocycles. The second kappa shape index (κ2) is 9.25. The summed E-state index contributed by atoms with van der Waals surface area (Å²) in [4.78, 5) is 16.4. The number of pyridine rings is 1. The third-order valence-corrected chi connectivity index (χ3v) is 5.08. The maximum atomic E-state index is 12.3. The number of hydrogen-bond donors (Lipinski definition) is 1. The standard InChI is InChI=1S/C21H20F3N3O2S/c1-13-18(11-30-27-13)16-5-3-15(4-6-16)9-20(28)26-14(2)19-8-7-17(10-25-19)29-12-21(22,23)24/h3-8,10-11,14H,9,12H2,1-2H3,(H,26,28)/t14-/m1/s1. The summed E-state index contributed by atoms with van der Waals surface area (Å²) in [7, 11) is 0. The quantitative estimate of drug-likeness (QED) is 0.575. The number of hydrogen-bond acceptors (Lipinski definition) is 5. The number of aryl methyl sites for hydroxylation is 1. The Kier molecular flexibility index (Phi) is 6.71. The third-order valence-electron chi connectivity index (χ3n) is 4.36. The lowest BCUT2D eigenvalue weighted by atomic mass is 10.0. The summed E-state index contributed by atoms with van der Waals surface area (Å²) >= 11 is 1.41. The Hall–Kier alpha value is -2.94. The van der Waals surface area contributed by atoms with Crippen LogP contribution < -0.4 is 10.1 Å². The van der Waals surface area contributed by atoms with Crippen molar-refractivity contribution in [1.29, 1.82) is 0 Å². The van der Waals surface area contributed by atoms with Gasteiger partial charge in [-0.25, -0.2) is 0 Å². The number of aromatic nitrogens is 2. The number of nitrogens with one attached hydrogen (secondary N) is 1. The number of ether oxygens (including phenoxy) is 1. The molecular weight excluding hydrogens is 415 g/mol. The topological polar surface area (TPSA) is 64.1 Å². The van der Waals surface area contributed by atoms with Gasteiger partial charge in [0.15, 0.2) is 6.61 Å². The summed E-state index contributed by atoms with van der Waals surface area (Å²) in [5.74, 6) is -0.159. The molecule has 0 saturated carbocycles. The highest BCUT2D eigenvalue weighted by Gasteiger charge is 2.28. The summed E-state index contributed by atoms with van der Waals surface area (Å²) < 4.78 is 45.5. The van der Waals surface area contributed by atoms with Gasteiger partial charge in [0.05, 0.1) is 30.0 Å². The first-order chi connectivity index (χ1) is 14.2. The molecule has 30 heavy (non-hydrogen) atoms. The van der Waals surface area contributed by atoms with Crippen molar-refractivity contribution in [3.05, 3.63) is 64.9 Å². The van der Waals surface area contributed by atoms with E-state index >= 15 is 0 Å². The molecule has 0 saturated heterocycles. The number of rotatable bonds is 7. The second-order valence-electron chi connectivity index (χ2n) is 6.80. The van der Waals surface area contributed by atoms with Crippen molar-refractivity contribution in [2.75, 3.05) is 6.61 Å². The van der Waals surface area contributed by atoms with Gasteiger partial charge in [0.1, 0.15) is 5.75 Å². The summed E-state index contributed by atoms with van der Waals surface area (Å²) in [6, 6.07) is 10.3. The highest BCUT2D eigenvalue weighted by Crippen LogP contribution is 2.25. The fraction of sp³-hybridized carbons (Fsp3) is 0.286. The number of benzene rings is 1. The van der Waals surface area contributed by atoms with Crippen molar-refractivity contribution in [2.24, 2.45) is 0 Å². The molecule has 0 aliphatic rings. The molecule has 158 valence electrons. The van der Waals surface area contributed by atoms with Crippen LogP contribution in [0.2, 0.25) is 0 Å². The van der Waals surface area contributed by atoms with E-state index in [2.05, 4.69) is 19.4 Å². The normalized spacial score (nSPS) is 12.4. The zero-order valence-electron chi connectivity index (χ0n) is 16.4. The summed E-state index contributed by atoms with van der Waals surface area (Å²) in [5, 5.41) is 4.83. The minimum absolute atomic E-state index is 0.0192. The Morgan fingerprint density at radius 1 is 1.20 bits per heavy atom. The number of carbonyl (C=O) groups excluding carboxylic acids is 1. The minimum atomic E-state index is -4.41. The van der Waals surface area contributed by atoms with Gasteiger partial charge in [-0.1, -0.05) is 24.3 Å². The van der Waals surface area contributed by atoms with Gasteiger partial charge >= 0.3 is 6.18 Å². The SMILES string of the molecule is Cc1nscc1-c1ccc(CC(=O)N[C@H](C)c2ccc(OCC(F)(F)F)cn2)cc1. The molecular formula is C21H20F3N3O2S. The predicted octanol–water partition coefficient (Wildman–Crippen LogP) is 4.87. The molecule has 0 aliphatic heterocycles. The van der Waals surface area contributed by atoms with Gasteiger partial charge in [-0.2, -0.15) is 17.5 Å². The van der Waals surface area contributed by atoms with E-state index in [-0.39, 0.29) is 18.1 Å². The van der Waals surface area contributed by atoms with Crippen molar-refractivity contribution in [2.45, 2.75) is 32.5 Å². The van der Waals surface area contributed by atoms with Gasteiger partial charge in [0.2, 0.25) is 5.91 Å². The van der Waals surface area contributed by atoms with E-state index in [0.717, 1.165) is 22.4 Å². The fourth-order valence-electron chi connectivity index (χ4n) is 2.82. The monoisotopic (exact) mass is 435 g/mol. The van der Waals surface area contributed by atoms with E-state index in [1.165, 1.54) is 29.9 Å². The Bertz CT molecular complexity index is 986. The average molecular weight is 435 g/mol. The van der Waals surface area contributed by atoms with Gasteiger partial charge in [-0.05, 0) is 48.6 Å². The molecule has 0 radical (unpaired) electrons. The Morgan fingerprint density at radius 3 is 2.50 bits per heavy atom. The first kappa shape index (κ1) is 21.8. The first-order valence-electron chi connectivity index (χ1n) is 9.16. The lowest BCUT2D eigenvalue weighted by Crippen LogP contribution is -2.28. The number of carbonyl (C=O) groups is 1.